The summed E-state index contributed by atoms with van der Waals surface area (Å²) in [6.07, 6.45) is 0. The molecular weight excluding hydrogens is 1160 g/mol. The van der Waals surface area contributed by atoms with Crippen LogP contribution >= 0.6 is 0 Å². The molecule has 0 N–H and O–H groups in total. The van der Waals surface area contributed by atoms with Gasteiger partial charge in [-0.3, -0.25) is 0 Å². The second kappa shape index (κ2) is 21.9. The summed E-state index contributed by atoms with van der Waals surface area (Å²) in [5.41, 5.74) is 20.0. The maximum atomic E-state index is 6.68. The van der Waals surface area contributed by atoms with Gasteiger partial charge in [-0.15, -0.1) is 10.2 Å². The summed E-state index contributed by atoms with van der Waals surface area (Å²) in [4.78, 5) is 20.8. The topological polar surface area (TPSA) is 100 Å². The van der Waals surface area contributed by atoms with Crippen LogP contribution < -0.4 is 0 Å². The van der Waals surface area contributed by atoms with Crippen molar-refractivity contribution in [2.45, 2.75) is 0 Å². The Morgan fingerprint density at radius 1 is 0.232 bits per heavy atom. The average molecular weight is 1210 g/mol. The highest BCUT2D eigenvalue weighted by Crippen LogP contribution is 2.41. The lowest BCUT2D eigenvalue weighted by atomic mass is 9.96. The molecule has 0 amide bonds. The van der Waals surface area contributed by atoms with E-state index in [1.807, 2.05) is 12.1 Å². The lowest BCUT2D eigenvalue weighted by molar-refractivity contribution is 0.584. The van der Waals surface area contributed by atoms with Gasteiger partial charge in [-0.1, -0.05) is 218 Å². The predicted octanol–water partition coefficient (Wildman–Crippen LogP) is 21.8. The first-order valence-electron chi connectivity index (χ1n) is 31.9. The van der Waals surface area contributed by atoms with E-state index >= 15 is 0 Å². The normalized spacial score (nSPS) is 11.8. The number of hydrogen-bond acceptors (Lipinski definition) is 7. The first-order valence-corrected chi connectivity index (χ1v) is 31.9. The summed E-state index contributed by atoms with van der Waals surface area (Å²) in [6, 6.07) is 111. The van der Waals surface area contributed by atoms with Crippen molar-refractivity contribution in [3.63, 3.8) is 0 Å². The van der Waals surface area contributed by atoms with Crippen molar-refractivity contribution in [2.75, 3.05) is 0 Å². The second-order valence-electron chi connectivity index (χ2n) is 24.2. The number of aromatic nitrogens is 8. The molecule has 5 heterocycles. The minimum atomic E-state index is 0.426. The molecule has 0 aliphatic rings. The van der Waals surface area contributed by atoms with E-state index in [9.17, 15) is 0 Å². The highest BCUT2D eigenvalue weighted by atomic mass is 16.4. The third-order valence-corrected chi connectivity index (χ3v) is 18.8. The van der Waals surface area contributed by atoms with Gasteiger partial charge in [0, 0.05) is 77.1 Å². The maximum Gasteiger partial charge on any atom is 0.248 e. The van der Waals surface area contributed by atoms with E-state index in [1.54, 1.807) is 0 Å². The minimum absolute atomic E-state index is 0.426. The molecule has 442 valence electrons. The van der Waals surface area contributed by atoms with Gasteiger partial charge in [-0.05, 0) is 141 Å². The van der Waals surface area contributed by atoms with Crippen molar-refractivity contribution < 1.29 is 4.42 Å². The molecular formula is C86H52N8O. The Morgan fingerprint density at radius 2 is 0.568 bits per heavy atom. The molecule has 0 atom stereocenters. The van der Waals surface area contributed by atoms with Crippen molar-refractivity contribution in [3.05, 3.63) is 315 Å². The number of rotatable bonds is 10. The Kier molecular flexibility index (Phi) is 12.4. The molecule has 0 spiro atoms. The summed E-state index contributed by atoms with van der Waals surface area (Å²) in [5.74, 6) is 2.17. The third kappa shape index (κ3) is 9.08. The second-order valence-corrected chi connectivity index (χ2v) is 24.2. The number of benzene rings is 14. The fourth-order valence-electron chi connectivity index (χ4n) is 14.2. The lowest BCUT2D eigenvalue weighted by Crippen LogP contribution is -1.97. The van der Waals surface area contributed by atoms with Crippen molar-refractivity contribution in [1.82, 2.24) is 39.3 Å². The van der Waals surface area contributed by atoms with Crippen molar-refractivity contribution >= 4 is 87.0 Å². The zero-order valence-corrected chi connectivity index (χ0v) is 51.0. The molecule has 0 unspecified atom stereocenters. The van der Waals surface area contributed by atoms with Crippen LogP contribution in [-0.2, 0) is 0 Å². The van der Waals surface area contributed by atoms with Crippen molar-refractivity contribution in [1.29, 1.82) is 0 Å². The van der Waals surface area contributed by atoms with Crippen LogP contribution in [0.2, 0.25) is 0 Å². The first-order chi connectivity index (χ1) is 47.1. The molecule has 0 bridgehead atoms. The van der Waals surface area contributed by atoms with Crippen LogP contribution in [0.1, 0.15) is 0 Å². The molecule has 0 aliphatic heterocycles. The standard InChI is InChI=1S/C86H52N8O/c1-3-19-65-53(15-1)17-13-25-67(65)55-31-35-57(36-32-55)81-73-23-5-9-27-75(73)87-83(89-81)59-39-45-63(46-40-59)93-77-29-11-7-21-69(77)71-49-43-61(51-79(71)93)85-91-92-86(95-85)62-44-50-72-70-22-8-12-30-78(70)94(80(72)52-62)64-47-41-60(42-48-64)84-88-76-28-10-6-24-74(76)82(90-84)58-37-33-56(34-38-58)68-26-14-18-54-16-2-4-20-66(54)68/h1-52H. The van der Waals surface area contributed by atoms with E-state index in [0.717, 1.165) is 133 Å². The number of fused-ring (bicyclic) bond motifs is 10. The smallest absolute Gasteiger partial charge is 0.248 e. The zero-order chi connectivity index (χ0) is 62.5. The predicted molar refractivity (Wildman–Crippen MR) is 388 cm³/mol. The molecule has 95 heavy (non-hydrogen) atoms. The van der Waals surface area contributed by atoms with Crippen LogP contribution in [0, 0.1) is 0 Å². The van der Waals surface area contributed by atoms with Crippen LogP contribution in [0.4, 0.5) is 0 Å². The van der Waals surface area contributed by atoms with Gasteiger partial charge in [0.05, 0.1) is 44.5 Å². The van der Waals surface area contributed by atoms with Gasteiger partial charge in [0.25, 0.3) is 0 Å². The van der Waals surface area contributed by atoms with E-state index in [4.69, 9.17) is 34.6 Å². The van der Waals surface area contributed by atoms with E-state index in [1.165, 1.54) is 32.7 Å². The Balaban J connectivity index is 0.632. The van der Waals surface area contributed by atoms with E-state index in [2.05, 4.69) is 312 Å². The van der Waals surface area contributed by atoms with Gasteiger partial charge in [0.15, 0.2) is 11.6 Å². The zero-order valence-electron chi connectivity index (χ0n) is 51.0. The Morgan fingerprint density at radius 3 is 1.01 bits per heavy atom. The minimum Gasteiger partial charge on any atom is -0.416 e. The van der Waals surface area contributed by atoms with Gasteiger partial charge in [0.1, 0.15) is 0 Å². The first kappa shape index (κ1) is 53.8. The monoisotopic (exact) mass is 1210 g/mol. The Bertz CT molecular complexity index is 5870. The van der Waals surface area contributed by atoms with Gasteiger partial charge in [0.2, 0.25) is 11.8 Å². The SMILES string of the molecule is c1ccc2c(-c3ccc(-c4nc(-c5ccc(-n6c7ccccc7c7ccc(-c8nnc(-c9ccc%10c%11ccccc%11n(-c%11ccc(-c%12nc(-c%13ccc(-c%14cccc%15ccccc%14%15)cc%13)c%13ccccc%13n%12)cc%11)c%10c9)o8)cc76)cc5)nc5ccccc45)cc3)cccc2c1. The number of nitrogens with zero attached hydrogens (tertiary/aromatic N) is 8. The number of hydrogen-bond donors (Lipinski definition) is 0. The van der Waals surface area contributed by atoms with Crippen LogP contribution in [0.3, 0.4) is 0 Å². The van der Waals surface area contributed by atoms with Crippen LogP contribution in [0.5, 0.6) is 0 Å². The quantitative estimate of drug-likeness (QED) is 0.134. The molecule has 0 aliphatic carbocycles. The summed E-state index contributed by atoms with van der Waals surface area (Å²) in [5, 5.41) is 20.8. The highest BCUT2D eigenvalue weighted by Gasteiger charge is 2.21. The summed E-state index contributed by atoms with van der Waals surface area (Å²) >= 11 is 0. The summed E-state index contributed by atoms with van der Waals surface area (Å²) in [7, 11) is 0. The van der Waals surface area contributed by atoms with Gasteiger partial charge >= 0.3 is 0 Å². The van der Waals surface area contributed by atoms with Gasteiger partial charge < -0.3 is 13.6 Å². The van der Waals surface area contributed by atoms with E-state index in [0.29, 0.717) is 23.4 Å². The Hall–Kier alpha value is -13.0. The maximum absolute atomic E-state index is 6.68. The summed E-state index contributed by atoms with van der Waals surface area (Å²) < 4.78 is 11.3. The van der Waals surface area contributed by atoms with Crippen LogP contribution in [-0.4, -0.2) is 39.3 Å². The average Bonchev–Trinajstić information content (AvgIpc) is 1.63. The van der Waals surface area contributed by atoms with Crippen LogP contribution in [0.25, 0.3) is 189 Å². The molecule has 0 radical (unpaired) electrons. The largest absolute Gasteiger partial charge is 0.416 e. The molecule has 0 saturated heterocycles. The Labute approximate surface area is 544 Å². The fraction of sp³-hybridized carbons (Fsp3) is 0. The number of para-hydroxylation sites is 4. The van der Waals surface area contributed by atoms with Crippen LogP contribution in [0.15, 0.2) is 320 Å². The van der Waals surface area contributed by atoms with E-state index in [-0.39, 0.29) is 0 Å². The summed E-state index contributed by atoms with van der Waals surface area (Å²) in [6.45, 7) is 0. The molecule has 14 aromatic carbocycles. The molecule has 19 aromatic rings. The molecule has 19 rings (SSSR count). The van der Waals surface area contributed by atoms with Crippen molar-refractivity contribution in [2.24, 2.45) is 0 Å². The van der Waals surface area contributed by atoms with Crippen molar-refractivity contribution in [3.8, 4) is 102 Å². The van der Waals surface area contributed by atoms with Gasteiger partial charge in [-0.2, -0.15) is 0 Å². The molecule has 9 nitrogen and oxygen atoms in total. The highest BCUT2D eigenvalue weighted by molar-refractivity contribution is 6.12. The fourth-order valence-corrected chi connectivity index (χ4v) is 14.2. The van der Waals surface area contributed by atoms with Gasteiger partial charge in [-0.25, -0.2) is 19.9 Å². The molecule has 5 aromatic heterocycles. The molecule has 9 heteroatoms. The molecule has 0 fully saturated rings. The third-order valence-electron chi connectivity index (χ3n) is 18.8. The van der Waals surface area contributed by atoms with E-state index < -0.39 is 0 Å². The lowest BCUT2D eigenvalue weighted by Gasteiger charge is -2.12. The molecule has 0 saturated carbocycles.